The van der Waals surface area contributed by atoms with Gasteiger partial charge in [0.25, 0.3) is 0 Å². The molecular weight excluding hydrogens is 176 g/mol. The van der Waals surface area contributed by atoms with Crippen molar-refractivity contribution in [1.82, 2.24) is 5.32 Å². The highest BCUT2D eigenvalue weighted by molar-refractivity contribution is 4.88. The van der Waals surface area contributed by atoms with Gasteiger partial charge in [0.2, 0.25) is 0 Å². The lowest BCUT2D eigenvalue weighted by Crippen LogP contribution is -2.39. The first kappa shape index (κ1) is 11.5. The van der Waals surface area contributed by atoms with E-state index in [1.54, 1.807) is 0 Å². The molecule has 1 rings (SSSR count). The molecule has 1 aliphatic rings. The minimum Gasteiger partial charge on any atom is -0.396 e. The van der Waals surface area contributed by atoms with Gasteiger partial charge in [-0.15, -0.1) is 0 Å². The van der Waals surface area contributed by atoms with Crippen molar-refractivity contribution < 1.29 is 5.11 Å². The molecule has 1 saturated carbocycles. The third-order valence-corrected chi connectivity index (χ3v) is 3.22. The summed E-state index contributed by atoms with van der Waals surface area (Å²) in [6, 6.07) is 2.39. The van der Waals surface area contributed by atoms with E-state index >= 15 is 0 Å². The van der Waals surface area contributed by atoms with E-state index in [-0.39, 0.29) is 18.1 Å². The van der Waals surface area contributed by atoms with Crippen LogP contribution >= 0.6 is 0 Å². The molecular formula is C11H20N2O. The van der Waals surface area contributed by atoms with Crippen LogP contribution in [0, 0.1) is 16.7 Å². The average molecular weight is 196 g/mol. The van der Waals surface area contributed by atoms with E-state index in [2.05, 4.69) is 11.4 Å². The Morgan fingerprint density at radius 1 is 1.50 bits per heavy atom. The highest BCUT2D eigenvalue weighted by Crippen LogP contribution is 2.36. The quantitative estimate of drug-likeness (QED) is 0.699. The van der Waals surface area contributed by atoms with Crippen LogP contribution in [-0.2, 0) is 0 Å². The topological polar surface area (TPSA) is 56.0 Å². The fourth-order valence-corrected chi connectivity index (χ4v) is 2.12. The van der Waals surface area contributed by atoms with Crippen LogP contribution in [0.4, 0.5) is 0 Å². The first-order chi connectivity index (χ1) is 6.72. The molecule has 1 atom stereocenters. The molecule has 0 aromatic carbocycles. The molecule has 0 heterocycles. The summed E-state index contributed by atoms with van der Waals surface area (Å²) in [5.41, 5.74) is 0.101. The van der Waals surface area contributed by atoms with Gasteiger partial charge in [0, 0.05) is 24.6 Å². The molecule has 14 heavy (non-hydrogen) atoms. The van der Waals surface area contributed by atoms with Gasteiger partial charge < -0.3 is 10.4 Å². The number of hydrogen-bond acceptors (Lipinski definition) is 3. The van der Waals surface area contributed by atoms with E-state index in [1.807, 2.05) is 6.92 Å². The summed E-state index contributed by atoms with van der Waals surface area (Å²) >= 11 is 0. The molecule has 80 valence electrons. The van der Waals surface area contributed by atoms with Crippen LogP contribution in [0.15, 0.2) is 0 Å². The summed E-state index contributed by atoms with van der Waals surface area (Å²) in [6.45, 7) is 3.15. The van der Waals surface area contributed by atoms with E-state index < -0.39 is 0 Å². The molecule has 0 saturated heterocycles. The van der Waals surface area contributed by atoms with Crippen molar-refractivity contribution in [2.45, 2.75) is 45.1 Å². The predicted molar refractivity (Wildman–Crippen MR) is 55.7 cm³/mol. The molecule has 1 unspecified atom stereocenters. The zero-order chi connectivity index (χ0) is 10.4. The van der Waals surface area contributed by atoms with Gasteiger partial charge in [0.15, 0.2) is 0 Å². The molecule has 0 aromatic rings. The lowest BCUT2D eigenvalue weighted by Gasteiger charge is -2.28. The van der Waals surface area contributed by atoms with Crippen molar-refractivity contribution in [3.05, 3.63) is 0 Å². The smallest absolute Gasteiger partial charge is 0.0638 e. The summed E-state index contributed by atoms with van der Waals surface area (Å²) in [5.74, 6) is 0. The summed E-state index contributed by atoms with van der Waals surface area (Å²) in [7, 11) is 0. The van der Waals surface area contributed by atoms with Crippen LogP contribution in [0.3, 0.4) is 0 Å². The second kappa shape index (κ2) is 5.33. The van der Waals surface area contributed by atoms with Gasteiger partial charge in [0.1, 0.15) is 0 Å². The lowest BCUT2D eigenvalue weighted by atomic mass is 9.87. The van der Waals surface area contributed by atoms with Gasteiger partial charge in [-0.05, 0) is 19.8 Å². The minimum absolute atomic E-state index is 0.101. The van der Waals surface area contributed by atoms with Gasteiger partial charge in [0.05, 0.1) is 12.5 Å². The van der Waals surface area contributed by atoms with E-state index in [9.17, 15) is 5.11 Å². The highest BCUT2D eigenvalue weighted by atomic mass is 16.3. The number of hydrogen-bond donors (Lipinski definition) is 2. The average Bonchev–Trinajstić information content (AvgIpc) is 2.65. The number of aliphatic hydroxyl groups is 1. The minimum atomic E-state index is 0.101. The molecule has 1 fully saturated rings. The van der Waals surface area contributed by atoms with E-state index in [4.69, 9.17) is 5.26 Å². The fraction of sp³-hybridized carbons (Fsp3) is 0.909. The molecule has 0 aromatic heterocycles. The third-order valence-electron chi connectivity index (χ3n) is 3.22. The van der Waals surface area contributed by atoms with Crippen molar-refractivity contribution >= 4 is 0 Å². The van der Waals surface area contributed by atoms with Crippen molar-refractivity contribution in [3.8, 4) is 6.07 Å². The Kier molecular flexibility index (Phi) is 4.37. The third kappa shape index (κ3) is 2.97. The van der Waals surface area contributed by atoms with Crippen molar-refractivity contribution in [3.63, 3.8) is 0 Å². The number of aliphatic hydroxyl groups excluding tert-OH is 1. The maximum atomic E-state index is 9.35. The Labute approximate surface area is 86.1 Å². The zero-order valence-corrected chi connectivity index (χ0v) is 8.92. The van der Waals surface area contributed by atoms with Crippen LogP contribution in [0.25, 0.3) is 0 Å². The summed E-state index contributed by atoms with van der Waals surface area (Å²) in [4.78, 5) is 0. The molecule has 0 aliphatic heterocycles. The highest BCUT2D eigenvalue weighted by Gasteiger charge is 2.32. The van der Waals surface area contributed by atoms with Gasteiger partial charge in [-0.2, -0.15) is 5.26 Å². The zero-order valence-electron chi connectivity index (χ0n) is 8.92. The van der Waals surface area contributed by atoms with Crippen molar-refractivity contribution in [2.24, 2.45) is 5.41 Å². The maximum absolute atomic E-state index is 9.35. The lowest BCUT2D eigenvalue weighted by molar-refractivity contribution is 0.125. The molecule has 3 heteroatoms. The number of nitrogens with zero attached hydrogens (tertiary/aromatic N) is 1. The van der Waals surface area contributed by atoms with Gasteiger partial charge >= 0.3 is 0 Å². The van der Waals surface area contributed by atoms with Gasteiger partial charge in [-0.1, -0.05) is 12.8 Å². The van der Waals surface area contributed by atoms with Gasteiger partial charge in [-0.3, -0.25) is 0 Å². The van der Waals surface area contributed by atoms with Crippen LogP contribution in [-0.4, -0.2) is 24.3 Å². The monoisotopic (exact) mass is 196 g/mol. The van der Waals surface area contributed by atoms with Crippen molar-refractivity contribution in [1.29, 1.82) is 5.26 Å². The molecule has 0 radical (unpaired) electrons. The Hall–Kier alpha value is -0.590. The summed E-state index contributed by atoms with van der Waals surface area (Å²) in [6.07, 6.45) is 5.25. The molecule has 0 spiro atoms. The molecule has 0 bridgehead atoms. The number of nitrogens with one attached hydrogen (secondary N) is 1. The van der Waals surface area contributed by atoms with Gasteiger partial charge in [-0.25, -0.2) is 0 Å². The Morgan fingerprint density at radius 3 is 2.64 bits per heavy atom. The summed E-state index contributed by atoms with van der Waals surface area (Å²) < 4.78 is 0. The molecule has 2 N–H and O–H groups in total. The molecule has 0 amide bonds. The Morgan fingerprint density at radius 2 is 2.14 bits per heavy atom. The molecule has 1 aliphatic carbocycles. The van der Waals surface area contributed by atoms with Crippen molar-refractivity contribution in [2.75, 3.05) is 13.2 Å². The van der Waals surface area contributed by atoms with E-state index in [0.29, 0.717) is 6.42 Å². The predicted octanol–water partition coefficient (Wildman–Crippen LogP) is 1.43. The Bertz CT molecular complexity index is 204. The summed E-state index contributed by atoms with van der Waals surface area (Å²) in [5, 5.41) is 21.2. The van der Waals surface area contributed by atoms with Crippen LogP contribution in [0.1, 0.15) is 39.0 Å². The first-order valence-corrected chi connectivity index (χ1v) is 5.44. The van der Waals surface area contributed by atoms with E-state index in [1.165, 1.54) is 12.8 Å². The second-order valence-electron chi connectivity index (χ2n) is 4.51. The number of rotatable bonds is 5. The van der Waals surface area contributed by atoms with E-state index in [0.717, 1.165) is 19.4 Å². The number of nitriles is 1. The fourth-order valence-electron chi connectivity index (χ4n) is 2.12. The maximum Gasteiger partial charge on any atom is 0.0638 e. The van der Waals surface area contributed by atoms with Crippen LogP contribution < -0.4 is 5.32 Å². The van der Waals surface area contributed by atoms with Crippen LogP contribution in [0.5, 0.6) is 0 Å². The second-order valence-corrected chi connectivity index (χ2v) is 4.51. The Balaban J connectivity index is 2.31. The standard InChI is InChI=1S/C11H20N2O/c1-10(4-7-12)13-8-11(9-14)5-2-3-6-11/h10,13-14H,2-6,8-9H2,1H3. The SMILES string of the molecule is CC(CC#N)NCC1(CO)CCCC1. The normalized spacial score (nSPS) is 21.8. The molecule has 3 nitrogen and oxygen atoms in total. The van der Waals surface area contributed by atoms with Crippen LogP contribution in [0.2, 0.25) is 0 Å². The largest absolute Gasteiger partial charge is 0.396 e. The first-order valence-electron chi connectivity index (χ1n) is 5.44.